The molecule has 0 aromatic heterocycles. The summed E-state index contributed by atoms with van der Waals surface area (Å²) in [5, 5.41) is 0. The molecule has 8 atom stereocenters. The molecule has 0 aromatic carbocycles. The number of ketones is 1. The summed E-state index contributed by atoms with van der Waals surface area (Å²) in [5.41, 5.74) is 1.52. The molecule has 5 aliphatic rings. The number of fused-ring (bicyclic) bond motifs is 7. The molecule has 0 unspecified atom stereocenters. The highest BCUT2D eigenvalue weighted by Gasteiger charge is 2.71. The lowest BCUT2D eigenvalue weighted by atomic mass is 9.33. The van der Waals surface area contributed by atoms with Crippen molar-refractivity contribution in [2.75, 3.05) is 34.3 Å². The molecule has 4 saturated carbocycles. The minimum absolute atomic E-state index is 0. The smallest absolute Gasteiger partial charge is 0.316 e. The first kappa shape index (κ1) is 35.6. The lowest BCUT2D eigenvalue weighted by molar-refractivity contribution is -0.870. The van der Waals surface area contributed by atoms with Crippen molar-refractivity contribution in [1.29, 1.82) is 0 Å². The Kier molecular flexibility index (Phi) is 9.31. The van der Waals surface area contributed by atoms with Gasteiger partial charge in [-0.2, -0.15) is 0 Å². The number of quaternary nitrogens is 1. The SMILES string of the molecule is CC(=O)O[C@H]1CC[C@]2(C)[C@H]3CC[C@@H]4C5=C(C(C)C)C(=O)C[C@]5(C(=O)OCC[N+](C)(C)C)CC[C@@]4(C)[C@]3(C)CC[C@H]2C1(C)C.[Br-]. The number of halogens is 1. The number of nitrogens with zero attached hydrogens (tertiary/aromatic N) is 1. The molecule has 0 aliphatic heterocycles. The van der Waals surface area contributed by atoms with Crippen LogP contribution in [0.4, 0.5) is 0 Å². The van der Waals surface area contributed by atoms with Crippen LogP contribution in [-0.2, 0) is 23.9 Å². The molecule has 0 amide bonds. The van der Waals surface area contributed by atoms with Crippen LogP contribution in [0.3, 0.4) is 0 Å². The minimum Gasteiger partial charge on any atom is -1.00 e. The maximum absolute atomic E-state index is 14.1. The zero-order valence-corrected chi connectivity index (χ0v) is 31.1. The van der Waals surface area contributed by atoms with Crippen LogP contribution in [0, 0.1) is 50.7 Å². The number of ether oxygens (including phenoxy) is 2. The number of hydrogen-bond donors (Lipinski definition) is 0. The molecule has 0 radical (unpaired) electrons. The van der Waals surface area contributed by atoms with Crippen molar-refractivity contribution < 1.29 is 45.3 Å². The fourth-order valence-corrected chi connectivity index (χ4v) is 11.8. The van der Waals surface area contributed by atoms with E-state index in [0.29, 0.717) is 24.9 Å². The number of rotatable bonds is 6. The summed E-state index contributed by atoms with van der Waals surface area (Å²) in [5.74, 6) is 1.22. The van der Waals surface area contributed by atoms with E-state index in [2.05, 4.69) is 69.6 Å². The molecule has 0 heterocycles. The van der Waals surface area contributed by atoms with Crippen molar-refractivity contribution >= 4 is 17.7 Å². The molecule has 5 rings (SSSR count). The van der Waals surface area contributed by atoms with E-state index >= 15 is 0 Å². The summed E-state index contributed by atoms with van der Waals surface area (Å²) < 4.78 is 12.7. The summed E-state index contributed by atoms with van der Waals surface area (Å²) in [6, 6.07) is 0. The van der Waals surface area contributed by atoms with Crippen molar-refractivity contribution in [2.24, 2.45) is 50.7 Å². The highest BCUT2D eigenvalue weighted by Crippen LogP contribution is 2.76. The van der Waals surface area contributed by atoms with E-state index in [-0.39, 0.29) is 80.7 Å². The largest absolute Gasteiger partial charge is 1.00 e. The highest BCUT2D eigenvalue weighted by molar-refractivity contribution is 6.06. The van der Waals surface area contributed by atoms with Crippen LogP contribution in [-0.4, -0.2) is 62.6 Å². The molecule has 250 valence electrons. The number of carbonyl (C=O) groups excluding carboxylic acids is 3. The van der Waals surface area contributed by atoms with Crippen molar-refractivity contribution in [2.45, 2.75) is 119 Å². The Morgan fingerprint density at radius 1 is 0.886 bits per heavy atom. The van der Waals surface area contributed by atoms with Gasteiger partial charge in [0.2, 0.25) is 0 Å². The molecule has 0 spiro atoms. The molecule has 0 N–H and O–H groups in total. The van der Waals surface area contributed by atoms with E-state index in [9.17, 15) is 14.4 Å². The van der Waals surface area contributed by atoms with E-state index in [1.807, 2.05) is 0 Å². The molecule has 5 aliphatic carbocycles. The van der Waals surface area contributed by atoms with Crippen molar-refractivity contribution in [1.82, 2.24) is 0 Å². The fourth-order valence-electron chi connectivity index (χ4n) is 11.8. The Bertz CT molecular complexity index is 1220. The first-order valence-corrected chi connectivity index (χ1v) is 17.2. The number of Topliss-reactive ketones (excluding diaryl/α,β-unsaturated/α-hetero) is 1. The lowest BCUT2D eigenvalue weighted by Crippen LogP contribution is -3.00. The summed E-state index contributed by atoms with van der Waals surface area (Å²) >= 11 is 0. The van der Waals surface area contributed by atoms with Gasteiger partial charge in [-0.05, 0) is 102 Å². The van der Waals surface area contributed by atoms with Crippen molar-refractivity contribution in [3.63, 3.8) is 0 Å². The van der Waals surface area contributed by atoms with Gasteiger partial charge in [-0.25, -0.2) is 0 Å². The second-order valence-electron chi connectivity index (χ2n) is 17.9. The third-order valence-corrected chi connectivity index (χ3v) is 14.1. The Hall–Kier alpha value is -1.21. The van der Waals surface area contributed by atoms with Crippen molar-refractivity contribution in [3.8, 4) is 0 Å². The minimum atomic E-state index is -0.792. The first-order valence-electron chi connectivity index (χ1n) is 17.2. The Balaban J connectivity index is 0.00000442. The van der Waals surface area contributed by atoms with Crippen LogP contribution < -0.4 is 17.0 Å². The number of carbonyl (C=O) groups is 3. The van der Waals surface area contributed by atoms with Gasteiger partial charge in [0.25, 0.3) is 0 Å². The van der Waals surface area contributed by atoms with E-state index in [1.165, 1.54) is 5.57 Å². The van der Waals surface area contributed by atoms with Gasteiger partial charge in [0.1, 0.15) is 19.3 Å². The lowest BCUT2D eigenvalue weighted by Gasteiger charge is -2.72. The number of allylic oxidation sites excluding steroid dienone is 1. The van der Waals surface area contributed by atoms with Gasteiger partial charge < -0.3 is 30.9 Å². The summed E-state index contributed by atoms with van der Waals surface area (Å²) in [6.45, 7) is 19.2. The predicted molar refractivity (Wildman–Crippen MR) is 169 cm³/mol. The highest BCUT2D eigenvalue weighted by atomic mass is 79.9. The maximum Gasteiger partial charge on any atom is 0.316 e. The topological polar surface area (TPSA) is 69.7 Å². The first-order chi connectivity index (χ1) is 19.7. The molecule has 6 nitrogen and oxygen atoms in total. The standard InChI is InChI=1S/C37H60NO5.BrH/c1-23(2)30-26(40)22-37(32(41)42-21-20-38(9,10)11)19-18-35(7)25(31(30)37)12-13-28-34(6)16-15-29(43-24(3)39)33(4,5)27(34)14-17-36(28,35)8;/h23,25,27-29H,12-22H2,1-11H3;1H/q+1;/p-1/t25-,27+,28-,29+,34+,35-,36-,37-;/m1./s1. The zero-order chi connectivity index (χ0) is 32.0. The number of esters is 2. The van der Waals surface area contributed by atoms with Crippen LogP contribution in [0.2, 0.25) is 0 Å². The number of hydrogen-bond acceptors (Lipinski definition) is 5. The van der Waals surface area contributed by atoms with Crippen LogP contribution in [0.25, 0.3) is 0 Å². The van der Waals surface area contributed by atoms with Crippen molar-refractivity contribution in [3.05, 3.63) is 11.1 Å². The summed E-state index contributed by atoms with van der Waals surface area (Å²) in [4.78, 5) is 39.9. The van der Waals surface area contributed by atoms with Gasteiger partial charge in [-0.15, -0.1) is 0 Å². The van der Waals surface area contributed by atoms with Crippen LogP contribution in [0.1, 0.15) is 113 Å². The number of likely N-dealkylation sites (N-methyl/N-ethyl adjacent to an activating group) is 1. The van der Waals surface area contributed by atoms with Gasteiger partial charge in [-0.1, -0.05) is 48.5 Å². The normalized spacial score (nSPS) is 41.1. The molecule has 0 bridgehead atoms. The van der Waals surface area contributed by atoms with Gasteiger partial charge in [0, 0.05) is 18.8 Å². The summed E-state index contributed by atoms with van der Waals surface area (Å²) in [7, 11) is 6.33. The third kappa shape index (κ3) is 5.17. The fraction of sp³-hybridized carbons (Fsp3) is 0.865. The molecule has 0 aromatic rings. The average Bonchev–Trinajstić information content (AvgIpc) is 3.18. The maximum atomic E-state index is 14.1. The Morgan fingerprint density at radius 3 is 2.14 bits per heavy atom. The monoisotopic (exact) mass is 677 g/mol. The van der Waals surface area contributed by atoms with Crippen LogP contribution in [0.5, 0.6) is 0 Å². The molecular weight excluding hydrogens is 618 g/mol. The van der Waals surface area contributed by atoms with Gasteiger partial charge in [-0.3, -0.25) is 14.4 Å². The molecule has 4 fully saturated rings. The van der Waals surface area contributed by atoms with Crippen LogP contribution in [0.15, 0.2) is 11.1 Å². The van der Waals surface area contributed by atoms with Gasteiger partial charge in [0.15, 0.2) is 5.78 Å². The molecular formula is C37H60BrNO5. The van der Waals surface area contributed by atoms with E-state index in [1.54, 1.807) is 6.92 Å². The molecule has 44 heavy (non-hydrogen) atoms. The van der Waals surface area contributed by atoms with E-state index < -0.39 is 5.41 Å². The second-order valence-corrected chi connectivity index (χ2v) is 17.9. The van der Waals surface area contributed by atoms with Gasteiger partial charge >= 0.3 is 11.9 Å². The predicted octanol–water partition coefficient (Wildman–Crippen LogP) is 4.15. The Labute approximate surface area is 277 Å². The third-order valence-electron chi connectivity index (χ3n) is 14.1. The average molecular weight is 679 g/mol. The van der Waals surface area contributed by atoms with E-state index in [0.717, 1.165) is 61.5 Å². The quantitative estimate of drug-likeness (QED) is 0.312. The van der Waals surface area contributed by atoms with E-state index in [4.69, 9.17) is 9.47 Å². The Morgan fingerprint density at radius 2 is 1.55 bits per heavy atom. The second kappa shape index (κ2) is 11.5. The summed E-state index contributed by atoms with van der Waals surface area (Å²) in [6.07, 6.45) is 8.35. The molecule has 0 saturated heterocycles. The zero-order valence-electron chi connectivity index (χ0n) is 29.5. The van der Waals surface area contributed by atoms with Gasteiger partial charge in [0.05, 0.1) is 26.6 Å². The molecule has 7 heteroatoms. The van der Waals surface area contributed by atoms with Crippen LogP contribution >= 0.6 is 0 Å².